The molecule has 1 aliphatic rings. The second kappa shape index (κ2) is 41.3. The van der Waals surface area contributed by atoms with Crippen LogP contribution in [0.25, 0.3) is 55.8 Å². The Labute approximate surface area is 776 Å². The fraction of sp³-hybridized carbons (Fsp3) is 0.481. The molecule has 5 heterocycles. The molecule has 0 amide bonds. The monoisotopic (exact) mass is 1810 g/mol. The maximum atomic E-state index is 11.6. The van der Waals surface area contributed by atoms with Gasteiger partial charge in [0.2, 0.25) is 0 Å². The van der Waals surface area contributed by atoms with Crippen LogP contribution in [-0.4, -0.2) is 92.8 Å². The zero-order valence-electron chi connectivity index (χ0n) is 82.1. The predicted octanol–water partition coefficient (Wildman–Crippen LogP) is 26.1. The highest BCUT2D eigenvalue weighted by Gasteiger charge is 2.30. The summed E-state index contributed by atoms with van der Waals surface area (Å²) in [6, 6.07) is 35.5. The van der Waals surface area contributed by atoms with Crippen LogP contribution in [0, 0.1) is 13.8 Å². The Bertz CT molecular complexity index is 5410. The number of sulfone groups is 1. The number of benzene rings is 5. The number of nitrogens with zero attached hydrogens (tertiary/aromatic N) is 5. The zero-order valence-corrected chi connectivity index (χ0v) is 85.2. The second-order valence-corrected chi connectivity index (χ2v) is 47.5. The number of rotatable bonds is 17. The number of halogens is 3. The maximum Gasteiger partial charge on any atom is 0.192 e. The van der Waals surface area contributed by atoms with E-state index < -0.39 is 9.84 Å². The molecule has 0 unspecified atom stereocenters. The van der Waals surface area contributed by atoms with E-state index in [1.165, 1.54) is 47.5 Å². The van der Waals surface area contributed by atoms with Crippen molar-refractivity contribution >= 4 is 44.6 Å². The smallest absolute Gasteiger partial charge is 0.192 e. The summed E-state index contributed by atoms with van der Waals surface area (Å²) in [6.07, 6.45) is 12.3. The highest BCUT2D eigenvalue weighted by atomic mass is 35.5. The van der Waals surface area contributed by atoms with Gasteiger partial charge in [0.1, 0.15) is 33.9 Å². The Hall–Kier alpha value is -8.53. The third-order valence-corrected chi connectivity index (χ3v) is 23.5. The summed E-state index contributed by atoms with van der Waals surface area (Å²) in [4.78, 5) is 21.7. The SMILES string of the molecule is CC(C)(C)NCc1cc(C(C)(C)C)cc(-c2ccc(C3CC3)nc2)c1O.CC(C)(C)NCc1cc(C(C)(C)C)cc(-c2ccc(S(C)(=O)=O)nc2)c1O.CC(C)(C)NCc1cc(C(C)(C)C)cc(-c2cnc(Cl)c(Cl)c2)c1O.Cc1ccc(-c2cc(C(C)(C)C)cc(CNC(C)(C)C)c2O)nc1.Cc1ncc(-c2cc(C(C)(C)C)cc(CNC(C)(C)C)c2O)cc1Cl. The molecule has 10 aromatic rings. The summed E-state index contributed by atoms with van der Waals surface area (Å²) < 4.78 is 23.3. The lowest BCUT2D eigenvalue weighted by Gasteiger charge is -2.25. The Morgan fingerprint density at radius 3 is 0.882 bits per heavy atom. The summed E-state index contributed by atoms with van der Waals surface area (Å²) in [6.45, 7) is 71.0. The van der Waals surface area contributed by atoms with E-state index in [1.807, 2.05) is 68.7 Å². The molecule has 17 nitrogen and oxygen atoms in total. The second-order valence-electron chi connectivity index (χ2n) is 44.3. The van der Waals surface area contributed by atoms with E-state index in [-0.39, 0.29) is 82.2 Å². The van der Waals surface area contributed by atoms with E-state index in [0.717, 1.165) is 95.5 Å². The first-order chi connectivity index (χ1) is 58.0. The largest absolute Gasteiger partial charge is 0.507 e. The van der Waals surface area contributed by atoms with Crippen LogP contribution >= 0.6 is 34.8 Å². The number of hydrogen-bond donors (Lipinski definition) is 10. The number of aromatic hydroxyl groups is 5. The van der Waals surface area contributed by atoms with Crippen molar-refractivity contribution in [3.05, 3.63) is 228 Å². The Morgan fingerprint density at radius 2 is 0.622 bits per heavy atom. The van der Waals surface area contributed by atoms with Crippen LogP contribution in [0.1, 0.15) is 299 Å². The number of phenols is 5. The fourth-order valence-electron chi connectivity index (χ4n) is 13.0. The standard InChI is InChI=1S/C23H32N2O.C21H29ClN2O.C21H30N2O3S.C21H30N2O.C20H26Cl2N2O/c1-22(2,3)18-11-17(14-25-23(4,5)6)21(26)19(12-18)16-9-10-20(24-13-16)15-7-8-15;1-13-18(22)9-14(11-23-13)17-10-16(20(2,3)4)8-15(19(17)25)12-24-21(5,6)7;1-20(2,3)16-10-15(13-23-21(4,5)6)19(24)17(11-16)14-8-9-18(22-12-14)27(7,25)26;1-14-8-9-18(22-12-14)17-11-16(20(2,3)4)10-15(19(17)24)13-23-21(5,6)7;1-19(2,3)14-7-13(11-24-20(4,5)6)17(25)15(9-14)12-8-16(21)18(22)23-10-12/h9-13,15,25-26H,7-8,14H2,1-6H3;8-11,24-25H,12H2,1-7H3;8-12,23-24H,13H2,1-7H3;8-12,23-24H,13H2,1-7H3;7-10,24-25H,11H2,1-6H3. The van der Waals surface area contributed by atoms with Crippen LogP contribution < -0.4 is 26.6 Å². The molecule has 1 saturated carbocycles. The van der Waals surface area contributed by atoms with Crippen molar-refractivity contribution in [2.24, 2.45) is 0 Å². The van der Waals surface area contributed by atoms with Crippen molar-refractivity contribution < 1.29 is 34.0 Å². The van der Waals surface area contributed by atoms with Crippen molar-refractivity contribution in [2.45, 2.75) is 333 Å². The lowest BCUT2D eigenvalue weighted by atomic mass is 9.83. The molecule has 1 aliphatic carbocycles. The van der Waals surface area contributed by atoms with Gasteiger partial charge in [-0.2, -0.15) is 0 Å². The molecule has 0 aliphatic heterocycles. The van der Waals surface area contributed by atoms with Crippen LogP contribution in [0.2, 0.25) is 15.2 Å². The van der Waals surface area contributed by atoms with Gasteiger partial charge in [-0.05, 0) is 258 Å². The molecule has 690 valence electrons. The molecule has 0 radical (unpaired) electrons. The van der Waals surface area contributed by atoms with Gasteiger partial charge in [0, 0.05) is 187 Å². The molecule has 0 atom stereocenters. The van der Waals surface area contributed by atoms with Crippen LogP contribution in [0.3, 0.4) is 0 Å². The molecule has 0 bridgehead atoms. The normalized spacial score (nSPS) is 13.2. The van der Waals surface area contributed by atoms with Gasteiger partial charge in [-0.25, -0.2) is 18.4 Å². The van der Waals surface area contributed by atoms with E-state index >= 15 is 0 Å². The van der Waals surface area contributed by atoms with Crippen molar-refractivity contribution in [3.63, 3.8) is 0 Å². The van der Waals surface area contributed by atoms with E-state index in [0.29, 0.717) is 76.9 Å². The quantitative estimate of drug-likeness (QED) is 0.0380. The number of aryl methyl sites for hydroxylation is 2. The van der Waals surface area contributed by atoms with Crippen LogP contribution in [0.15, 0.2) is 145 Å². The minimum Gasteiger partial charge on any atom is -0.507 e. The first-order valence-corrected chi connectivity index (χ1v) is 47.1. The molecule has 11 rings (SSSR count). The molecule has 21 heteroatoms. The van der Waals surface area contributed by atoms with Crippen LogP contribution in [0.5, 0.6) is 28.7 Å². The molecular weight excluding hydrogens is 1660 g/mol. The van der Waals surface area contributed by atoms with E-state index in [2.05, 4.69) is 308 Å². The number of nitrogens with one attached hydrogen (secondary N) is 5. The molecular formula is C106H147Cl3N10O7S. The average molecular weight is 1810 g/mol. The van der Waals surface area contributed by atoms with Gasteiger partial charge in [-0.3, -0.25) is 15.0 Å². The highest BCUT2D eigenvalue weighted by Crippen LogP contribution is 2.46. The molecule has 0 saturated heterocycles. The Morgan fingerprint density at radius 1 is 0.331 bits per heavy atom. The number of phenolic OH excluding ortho intramolecular Hbond substituents is 5. The molecule has 127 heavy (non-hydrogen) atoms. The highest BCUT2D eigenvalue weighted by molar-refractivity contribution is 7.90. The average Bonchev–Trinajstić information content (AvgIpc) is 1.50. The van der Waals surface area contributed by atoms with Crippen molar-refractivity contribution in [1.29, 1.82) is 0 Å². The number of hydrogen-bond acceptors (Lipinski definition) is 17. The van der Waals surface area contributed by atoms with Gasteiger partial charge >= 0.3 is 0 Å². The molecule has 1 fully saturated rings. The number of pyridine rings is 5. The molecule has 0 spiro atoms. The molecule has 5 aromatic heterocycles. The number of aromatic nitrogens is 5. The third-order valence-electron chi connectivity index (χ3n) is 21.5. The summed E-state index contributed by atoms with van der Waals surface area (Å²) in [5.74, 6) is 2.03. The Kier molecular flexibility index (Phi) is 34.3. The predicted molar refractivity (Wildman–Crippen MR) is 533 cm³/mol. The molecule has 5 aromatic carbocycles. The topological polar surface area (TPSA) is 260 Å². The summed E-state index contributed by atoms with van der Waals surface area (Å²) in [5, 5.41) is 72.9. The summed E-state index contributed by atoms with van der Waals surface area (Å²) >= 11 is 18.3. The van der Waals surface area contributed by atoms with Gasteiger partial charge in [0.15, 0.2) is 14.9 Å². The van der Waals surface area contributed by atoms with Gasteiger partial charge < -0.3 is 52.1 Å². The van der Waals surface area contributed by atoms with E-state index in [4.69, 9.17) is 34.8 Å². The zero-order chi connectivity index (χ0) is 95.8. The van der Waals surface area contributed by atoms with Gasteiger partial charge in [0.05, 0.1) is 21.4 Å². The minimum absolute atomic E-state index is 0.00217. The lowest BCUT2D eigenvalue weighted by molar-refractivity contribution is 0.411. The van der Waals surface area contributed by atoms with Gasteiger partial charge in [0.25, 0.3) is 0 Å². The maximum absolute atomic E-state index is 11.6. The lowest BCUT2D eigenvalue weighted by Crippen LogP contribution is -2.35. The minimum atomic E-state index is -3.36. The third kappa shape index (κ3) is 32.2. The van der Waals surface area contributed by atoms with Crippen LogP contribution in [0.4, 0.5) is 0 Å². The summed E-state index contributed by atoms with van der Waals surface area (Å²) in [7, 11) is -3.36. The van der Waals surface area contributed by atoms with Crippen LogP contribution in [-0.2, 0) is 69.6 Å². The first kappa shape index (κ1) is 106. The van der Waals surface area contributed by atoms with Gasteiger partial charge in [-0.1, -0.05) is 181 Å². The first-order valence-electron chi connectivity index (χ1n) is 44.0. The van der Waals surface area contributed by atoms with Crippen molar-refractivity contribution in [2.75, 3.05) is 6.26 Å². The van der Waals surface area contributed by atoms with Crippen molar-refractivity contribution in [1.82, 2.24) is 51.5 Å². The van der Waals surface area contributed by atoms with E-state index in [1.54, 1.807) is 24.5 Å². The van der Waals surface area contributed by atoms with Gasteiger partial charge in [-0.15, -0.1) is 0 Å². The summed E-state index contributed by atoms with van der Waals surface area (Å²) in [5.41, 5.74) is 20.8. The van der Waals surface area contributed by atoms with E-state index in [9.17, 15) is 34.0 Å². The van der Waals surface area contributed by atoms with Crippen molar-refractivity contribution in [3.8, 4) is 84.5 Å². The fourth-order valence-corrected chi connectivity index (χ4v) is 14.0. The Balaban J connectivity index is 0.000000218. The molecule has 10 N–H and O–H groups in total.